The molecule has 1 saturated heterocycles. The van der Waals surface area contributed by atoms with Crippen LogP contribution in [0.2, 0.25) is 0 Å². The SMILES string of the molecule is CCOC(=O)C[C@@H](NC(=O)c1nccn(C2OC(COC(C)=O)C(O)C2O)c1=O)C(=O)OCC. The van der Waals surface area contributed by atoms with Gasteiger partial charge >= 0.3 is 17.9 Å². The topological polar surface area (TPSA) is 193 Å². The van der Waals surface area contributed by atoms with Crippen molar-refractivity contribution >= 4 is 23.8 Å². The van der Waals surface area contributed by atoms with E-state index < -0.39 is 72.1 Å². The van der Waals surface area contributed by atoms with Crippen molar-refractivity contribution in [2.24, 2.45) is 0 Å². The smallest absolute Gasteiger partial charge is 0.329 e. The molecule has 188 valence electrons. The molecule has 1 aliphatic heterocycles. The zero-order valence-corrected chi connectivity index (χ0v) is 18.8. The largest absolute Gasteiger partial charge is 0.466 e. The number of aliphatic hydroxyl groups excluding tert-OH is 2. The number of esters is 3. The fraction of sp³-hybridized carbons (Fsp3) is 0.600. The van der Waals surface area contributed by atoms with E-state index in [1.807, 2.05) is 0 Å². The summed E-state index contributed by atoms with van der Waals surface area (Å²) >= 11 is 0. The fourth-order valence-electron chi connectivity index (χ4n) is 3.13. The Labute approximate surface area is 193 Å². The highest BCUT2D eigenvalue weighted by molar-refractivity contribution is 5.96. The van der Waals surface area contributed by atoms with Crippen LogP contribution < -0.4 is 10.9 Å². The lowest BCUT2D eigenvalue weighted by atomic mass is 10.1. The molecule has 1 aliphatic rings. The van der Waals surface area contributed by atoms with Crippen molar-refractivity contribution in [1.29, 1.82) is 0 Å². The molecule has 0 saturated carbocycles. The van der Waals surface area contributed by atoms with Gasteiger partial charge in [0.25, 0.3) is 11.5 Å². The van der Waals surface area contributed by atoms with E-state index in [4.69, 9.17) is 18.9 Å². The molecule has 3 N–H and O–H groups in total. The van der Waals surface area contributed by atoms with E-state index in [0.717, 1.165) is 23.9 Å². The minimum Gasteiger partial charge on any atom is -0.466 e. The van der Waals surface area contributed by atoms with Gasteiger partial charge in [-0.1, -0.05) is 0 Å². The van der Waals surface area contributed by atoms with Crippen LogP contribution in [0.3, 0.4) is 0 Å². The number of carbonyl (C=O) groups is 4. The molecule has 14 heteroatoms. The molecule has 0 bridgehead atoms. The Morgan fingerprint density at radius 2 is 1.82 bits per heavy atom. The minimum absolute atomic E-state index is 0.0157. The Bertz CT molecular complexity index is 963. The first kappa shape index (κ1) is 26.9. The van der Waals surface area contributed by atoms with Gasteiger partial charge in [-0.15, -0.1) is 0 Å². The number of carbonyl (C=O) groups excluding carboxylic acids is 4. The molecule has 1 aromatic heterocycles. The van der Waals surface area contributed by atoms with Crippen molar-refractivity contribution in [3.63, 3.8) is 0 Å². The maximum absolute atomic E-state index is 12.9. The molecule has 14 nitrogen and oxygen atoms in total. The van der Waals surface area contributed by atoms with Gasteiger partial charge in [-0.3, -0.25) is 23.7 Å². The molecule has 0 aliphatic carbocycles. The second-order valence-electron chi connectivity index (χ2n) is 7.12. The Morgan fingerprint density at radius 3 is 2.44 bits per heavy atom. The van der Waals surface area contributed by atoms with E-state index in [1.54, 1.807) is 6.92 Å². The molecule has 2 heterocycles. The fourth-order valence-corrected chi connectivity index (χ4v) is 3.13. The van der Waals surface area contributed by atoms with Gasteiger partial charge in [-0.05, 0) is 13.8 Å². The third-order valence-electron chi connectivity index (χ3n) is 4.70. The lowest BCUT2D eigenvalue weighted by molar-refractivity contribution is -0.152. The molecule has 1 amide bonds. The van der Waals surface area contributed by atoms with Gasteiger partial charge in [0, 0.05) is 19.3 Å². The summed E-state index contributed by atoms with van der Waals surface area (Å²) in [5.41, 5.74) is -1.68. The number of ether oxygens (including phenoxy) is 4. The molecule has 0 radical (unpaired) electrons. The standard InChI is InChI=1S/C20H27N3O11/c1-4-31-13(25)8-11(20(30)32-5-2)22-17(28)14-18(29)23(7-6-21-14)19-16(27)15(26)12(34-19)9-33-10(3)24/h6-7,11-12,15-16,19,26-27H,4-5,8-9H2,1-3H3,(H,22,28)/t11-,12?,15?,16?,19?/m1/s1. The highest BCUT2D eigenvalue weighted by Gasteiger charge is 2.45. The molecule has 5 atom stereocenters. The van der Waals surface area contributed by atoms with Crippen LogP contribution in [0.4, 0.5) is 0 Å². The average molecular weight is 485 g/mol. The summed E-state index contributed by atoms with van der Waals surface area (Å²) in [5.74, 6) is -3.40. The summed E-state index contributed by atoms with van der Waals surface area (Å²) in [4.78, 5) is 64.3. The first-order chi connectivity index (χ1) is 16.1. The van der Waals surface area contributed by atoms with E-state index in [1.165, 1.54) is 6.92 Å². The number of hydrogen-bond acceptors (Lipinski definition) is 12. The van der Waals surface area contributed by atoms with Crippen LogP contribution in [0.25, 0.3) is 0 Å². The molecular formula is C20H27N3O11. The number of nitrogens with zero attached hydrogens (tertiary/aromatic N) is 2. The zero-order valence-electron chi connectivity index (χ0n) is 18.8. The Morgan fingerprint density at radius 1 is 1.15 bits per heavy atom. The van der Waals surface area contributed by atoms with Crippen molar-refractivity contribution in [3.05, 3.63) is 28.4 Å². The van der Waals surface area contributed by atoms with Crippen LogP contribution in [0.15, 0.2) is 17.2 Å². The van der Waals surface area contributed by atoms with Crippen LogP contribution in [0.5, 0.6) is 0 Å². The quantitative estimate of drug-likeness (QED) is 0.245. The van der Waals surface area contributed by atoms with Crippen LogP contribution in [-0.2, 0) is 33.3 Å². The van der Waals surface area contributed by atoms with E-state index in [-0.39, 0.29) is 19.8 Å². The van der Waals surface area contributed by atoms with E-state index >= 15 is 0 Å². The average Bonchev–Trinajstić information content (AvgIpc) is 3.06. The van der Waals surface area contributed by atoms with Crippen LogP contribution in [-0.4, -0.2) is 87.8 Å². The first-order valence-corrected chi connectivity index (χ1v) is 10.5. The first-order valence-electron chi connectivity index (χ1n) is 10.5. The van der Waals surface area contributed by atoms with Crippen LogP contribution in [0, 0.1) is 0 Å². The normalized spacial score (nSPS) is 22.5. The number of hydrogen-bond donors (Lipinski definition) is 3. The van der Waals surface area contributed by atoms with Gasteiger partial charge in [0.05, 0.1) is 19.6 Å². The molecule has 0 aromatic carbocycles. The van der Waals surface area contributed by atoms with E-state index in [0.29, 0.717) is 0 Å². The summed E-state index contributed by atoms with van der Waals surface area (Å²) in [5, 5.41) is 22.7. The van der Waals surface area contributed by atoms with Gasteiger partial charge < -0.3 is 34.5 Å². The van der Waals surface area contributed by atoms with Gasteiger partial charge in [0.2, 0.25) is 0 Å². The second-order valence-corrected chi connectivity index (χ2v) is 7.12. The Balaban J connectivity index is 2.24. The predicted octanol–water partition coefficient (Wildman–Crippen LogP) is -1.96. The molecule has 1 aromatic rings. The van der Waals surface area contributed by atoms with Crippen LogP contribution >= 0.6 is 0 Å². The molecule has 1 fully saturated rings. The molecule has 4 unspecified atom stereocenters. The highest BCUT2D eigenvalue weighted by Crippen LogP contribution is 2.28. The van der Waals surface area contributed by atoms with Crippen molar-refractivity contribution in [2.45, 2.75) is 57.8 Å². The molecular weight excluding hydrogens is 458 g/mol. The highest BCUT2D eigenvalue weighted by atomic mass is 16.6. The number of rotatable bonds is 10. The molecule has 34 heavy (non-hydrogen) atoms. The zero-order chi connectivity index (χ0) is 25.4. The van der Waals surface area contributed by atoms with E-state index in [9.17, 15) is 34.2 Å². The van der Waals surface area contributed by atoms with Gasteiger partial charge in [-0.2, -0.15) is 0 Å². The Hall–Kier alpha value is -3.36. The van der Waals surface area contributed by atoms with Crippen molar-refractivity contribution in [1.82, 2.24) is 14.9 Å². The summed E-state index contributed by atoms with van der Waals surface area (Å²) in [7, 11) is 0. The number of amides is 1. The molecule has 0 spiro atoms. The third kappa shape index (κ3) is 6.59. The van der Waals surface area contributed by atoms with Gasteiger partial charge in [0.15, 0.2) is 11.9 Å². The monoisotopic (exact) mass is 485 g/mol. The predicted molar refractivity (Wildman–Crippen MR) is 110 cm³/mol. The second kappa shape index (κ2) is 12.2. The number of nitrogens with one attached hydrogen (secondary N) is 1. The third-order valence-corrected chi connectivity index (χ3v) is 4.70. The number of aliphatic hydroxyl groups is 2. The van der Waals surface area contributed by atoms with Crippen molar-refractivity contribution in [3.8, 4) is 0 Å². The molecule has 2 rings (SSSR count). The minimum atomic E-state index is -1.59. The van der Waals surface area contributed by atoms with Crippen molar-refractivity contribution < 1.29 is 48.3 Å². The van der Waals surface area contributed by atoms with Crippen molar-refractivity contribution in [2.75, 3.05) is 19.8 Å². The number of aromatic nitrogens is 2. The van der Waals surface area contributed by atoms with Gasteiger partial charge in [-0.25, -0.2) is 9.78 Å². The summed E-state index contributed by atoms with van der Waals surface area (Å²) < 4.78 is 20.7. The maximum atomic E-state index is 12.9. The maximum Gasteiger partial charge on any atom is 0.329 e. The Kier molecular flexibility index (Phi) is 9.65. The summed E-state index contributed by atoms with van der Waals surface area (Å²) in [6.07, 6.45) is -3.96. The van der Waals surface area contributed by atoms with Crippen LogP contribution in [0.1, 0.15) is 43.9 Å². The van der Waals surface area contributed by atoms with E-state index in [2.05, 4.69) is 10.3 Å². The van der Waals surface area contributed by atoms with Gasteiger partial charge in [0.1, 0.15) is 31.0 Å². The summed E-state index contributed by atoms with van der Waals surface area (Å²) in [6.45, 7) is 3.93. The lowest BCUT2D eigenvalue weighted by Gasteiger charge is -2.19. The summed E-state index contributed by atoms with van der Waals surface area (Å²) in [6, 6.07) is -1.44. The lowest BCUT2D eigenvalue weighted by Crippen LogP contribution is -2.46.